The molecule has 2 atom stereocenters. The number of halogens is 2. The van der Waals surface area contributed by atoms with Gasteiger partial charge in [0.1, 0.15) is 11.6 Å². The van der Waals surface area contributed by atoms with E-state index in [9.17, 15) is 8.78 Å². The van der Waals surface area contributed by atoms with Gasteiger partial charge >= 0.3 is 0 Å². The summed E-state index contributed by atoms with van der Waals surface area (Å²) in [5.74, 6) is -1.18. The van der Waals surface area contributed by atoms with Crippen LogP contribution in [-0.4, -0.2) is 12.7 Å². The molecule has 0 amide bonds. The van der Waals surface area contributed by atoms with Crippen LogP contribution in [0, 0.1) is 11.6 Å². The Kier molecular flexibility index (Phi) is 2.48. The van der Waals surface area contributed by atoms with Gasteiger partial charge in [0.25, 0.3) is 0 Å². The third-order valence-electron chi connectivity index (χ3n) is 2.23. The second kappa shape index (κ2) is 3.63. The largest absolute Gasteiger partial charge is 0.373 e. The number of hydrogen-bond donors (Lipinski definition) is 1. The van der Waals surface area contributed by atoms with Crippen LogP contribution in [0.2, 0.25) is 0 Å². The van der Waals surface area contributed by atoms with Gasteiger partial charge in [0.05, 0.1) is 12.7 Å². The number of benzene rings is 1. The van der Waals surface area contributed by atoms with Crippen LogP contribution in [0.25, 0.3) is 0 Å². The predicted molar refractivity (Wildman–Crippen MR) is 47.6 cm³/mol. The van der Waals surface area contributed by atoms with Crippen molar-refractivity contribution in [1.82, 2.24) is 0 Å². The molecule has 0 saturated carbocycles. The lowest BCUT2D eigenvalue weighted by molar-refractivity contribution is 0.381. The molecule has 1 unspecified atom stereocenters. The first-order valence-corrected chi connectivity index (χ1v) is 4.48. The molecule has 1 heterocycles. The highest BCUT2D eigenvalue weighted by atomic mass is 19.1. The smallest absolute Gasteiger partial charge is 0.126 e. The molecule has 0 bridgehead atoms. The zero-order valence-electron chi connectivity index (χ0n) is 7.54. The van der Waals surface area contributed by atoms with Crippen LogP contribution in [0.4, 0.5) is 8.78 Å². The third kappa shape index (κ3) is 2.27. The van der Waals surface area contributed by atoms with E-state index in [2.05, 4.69) is 0 Å². The molecule has 76 valence electrons. The van der Waals surface area contributed by atoms with Gasteiger partial charge in [0.15, 0.2) is 0 Å². The van der Waals surface area contributed by atoms with E-state index < -0.39 is 11.6 Å². The molecule has 1 aromatic rings. The van der Waals surface area contributed by atoms with E-state index in [1.54, 1.807) is 0 Å². The van der Waals surface area contributed by atoms with Gasteiger partial charge in [0.2, 0.25) is 0 Å². The van der Waals surface area contributed by atoms with Crippen molar-refractivity contribution in [3.05, 3.63) is 35.4 Å². The highest BCUT2D eigenvalue weighted by molar-refractivity contribution is 5.21. The van der Waals surface area contributed by atoms with Crippen LogP contribution in [0.3, 0.4) is 0 Å². The van der Waals surface area contributed by atoms with Crippen molar-refractivity contribution in [2.75, 3.05) is 6.61 Å². The molecule has 0 aliphatic carbocycles. The summed E-state index contributed by atoms with van der Waals surface area (Å²) in [6.45, 7) is 0.700. The van der Waals surface area contributed by atoms with E-state index in [1.807, 2.05) is 0 Å². The van der Waals surface area contributed by atoms with Gasteiger partial charge in [-0.05, 0) is 24.1 Å². The summed E-state index contributed by atoms with van der Waals surface area (Å²) >= 11 is 0. The minimum atomic E-state index is -0.591. The lowest BCUT2D eigenvalue weighted by atomic mass is 10.0. The summed E-state index contributed by atoms with van der Waals surface area (Å²) in [5.41, 5.74) is 6.24. The Labute approximate surface area is 80.7 Å². The van der Waals surface area contributed by atoms with Crippen LogP contribution in [0.5, 0.6) is 0 Å². The highest BCUT2D eigenvalue weighted by Gasteiger charge is 2.25. The van der Waals surface area contributed by atoms with Crippen LogP contribution in [0.1, 0.15) is 18.0 Å². The maximum Gasteiger partial charge on any atom is 0.126 e. The van der Waals surface area contributed by atoms with Crippen LogP contribution >= 0.6 is 0 Å². The van der Waals surface area contributed by atoms with Gasteiger partial charge in [0, 0.05) is 12.1 Å². The topological polar surface area (TPSA) is 38.5 Å². The van der Waals surface area contributed by atoms with Crippen molar-refractivity contribution >= 4 is 0 Å². The lowest BCUT2D eigenvalue weighted by Crippen LogP contribution is -2.13. The fraction of sp³-hybridized carbons (Fsp3) is 0.400. The standard InChI is InChI=1S/C10H11F2NO/c11-7-1-6(2-8(12)3-7)10(13)4-9-5-14-9/h1-3,9-10H,4-5,13H2/t9?,10-/m1/s1. The second-order valence-corrected chi connectivity index (χ2v) is 3.50. The van der Waals surface area contributed by atoms with E-state index >= 15 is 0 Å². The van der Waals surface area contributed by atoms with Crippen LogP contribution in [-0.2, 0) is 4.74 Å². The number of rotatable bonds is 3. The van der Waals surface area contributed by atoms with Crippen molar-refractivity contribution in [3.63, 3.8) is 0 Å². The normalized spacial score (nSPS) is 22.1. The molecular formula is C10H11F2NO. The third-order valence-corrected chi connectivity index (χ3v) is 2.23. The van der Waals surface area contributed by atoms with Gasteiger partial charge < -0.3 is 10.5 Å². The number of nitrogens with two attached hydrogens (primary N) is 1. The molecular weight excluding hydrogens is 188 g/mol. The van der Waals surface area contributed by atoms with E-state index in [0.29, 0.717) is 18.6 Å². The summed E-state index contributed by atoms with van der Waals surface area (Å²) in [5, 5.41) is 0. The first-order chi connectivity index (χ1) is 6.65. The number of ether oxygens (including phenoxy) is 1. The molecule has 0 aromatic heterocycles. The lowest BCUT2D eigenvalue weighted by Gasteiger charge is -2.10. The average Bonchev–Trinajstić information content (AvgIpc) is 2.86. The zero-order valence-corrected chi connectivity index (χ0v) is 7.54. The Balaban J connectivity index is 2.12. The summed E-state index contributed by atoms with van der Waals surface area (Å²) < 4.78 is 30.6. The summed E-state index contributed by atoms with van der Waals surface area (Å²) in [6.07, 6.45) is 0.777. The molecule has 14 heavy (non-hydrogen) atoms. The predicted octanol–water partition coefficient (Wildman–Crippen LogP) is 1.75. The van der Waals surface area contributed by atoms with Crippen molar-refractivity contribution in [2.45, 2.75) is 18.6 Å². The SMILES string of the molecule is N[C@H](CC1CO1)c1cc(F)cc(F)c1. The van der Waals surface area contributed by atoms with E-state index in [4.69, 9.17) is 10.5 Å². The summed E-state index contributed by atoms with van der Waals surface area (Å²) in [4.78, 5) is 0. The summed E-state index contributed by atoms with van der Waals surface area (Å²) in [7, 11) is 0. The molecule has 2 N–H and O–H groups in total. The zero-order chi connectivity index (χ0) is 10.1. The Hall–Kier alpha value is -1.00. The minimum absolute atomic E-state index is 0.163. The molecule has 2 rings (SSSR count). The average molecular weight is 199 g/mol. The van der Waals surface area contributed by atoms with Gasteiger partial charge in [-0.1, -0.05) is 0 Å². The van der Waals surface area contributed by atoms with Gasteiger partial charge in [-0.25, -0.2) is 8.78 Å². The number of hydrogen-bond acceptors (Lipinski definition) is 2. The maximum atomic E-state index is 12.8. The molecule has 1 aliphatic heterocycles. The Morgan fingerprint density at radius 3 is 2.43 bits per heavy atom. The molecule has 0 spiro atoms. The van der Waals surface area contributed by atoms with Gasteiger partial charge in [-0.3, -0.25) is 0 Å². The highest BCUT2D eigenvalue weighted by Crippen LogP contribution is 2.24. The van der Waals surface area contributed by atoms with Crippen molar-refractivity contribution < 1.29 is 13.5 Å². The molecule has 1 aromatic carbocycles. The molecule has 4 heteroatoms. The first kappa shape index (κ1) is 9.55. The van der Waals surface area contributed by atoms with Crippen LogP contribution < -0.4 is 5.73 Å². The number of epoxide rings is 1. The Morgan fingerprint density at radius 1 is 1.36 bits per heavy atom. The Morgan fingerprint density at radius 2 is 1.93 bits per heavy atom. The van der Waals surface area contributed by atoms with E-state index in [0.717, 1.165) is 6.07 Å². The second-order valence-electron chi connectivity index (χ2n) is 3.50. The molecule has 1 saturated heterocycles. The molecule has 1 fully saturated rings. The monoisotopic (exact) mass is 199 g/mol. The van der Waals surface area contributed by atoms with Crippen molar-refractivity contribution in [2.24, 2.45) is 5.73 Å². The molecule has 0 radical (unpaired) electrons. The molecule has 2 nitrogen and oxygen atoms in total. The van der Waals surface area contributed by atoms with Crippen molar-refractivity contribution in [1.29, 1.82) is 0 Å². The fourth-order valence-electron chi connectivity index (χ4n) is 1.41. The molecule has 1 aliphatic rings. The van der Waals surface area contributed by atoms with Crippen molar-refractivity contribution in [3.8, 4) is 0 Å². The van der Waals surface area contributed by atoms with Crippen LogP contribution in [0.15, 0.2) is 18.2 Å². The van der Waals surface area contributed by atoms with E-state index in [-0.39, 0.29) is 12.1 Å². The van der Waals surface area contributed by atoms with Gasteiger partial charge in [-0.15, -0.1) is 0 Å². The minimum Gasteiger partial charge on any atom is -0.373 e. The fourth-order valence-corrected chi connectivity index (χ4v) is 1.41. The van der Waals surface area contributed by atoms with Gasteiger partial charge in [-0.2, -0.15) is 0 Å². The Bertz CT molecular complexity index is 319. The quantitative estimate of drug-likeness (QED) is 0.753. The first-order valence-electron chi connectivity index (χ1n) is 4.48. The maximum absolute atomic E-state index is 12.8. The van der Waals surface area contributed by atoms with E-state index in [1.165, 1.54) is 12.1 Å². The summed E-state index contributed by atoms with van der Waals surface area (Å²) in [6, 6.07) is 3.00.